The highest BCUT2D eigenvalue weighted by Crippen LogP contribution is 1.95. The molecule has 0 saturated heterocycles. The van der Waals surface area contributed by atoms with Crippen LogP contribution in [-0.4, -0.2) is 36.7 Å². The second kappa shape index (κ2) is 6.24. The number of rotatable bonds is 6. The summed E-state index contributed by atoms with van der Waals surface area (Å²) < 4.78 is 0. The normalized spacial score (nSPS) is 12.1. The molecule has 76 valence electrons. The van der Waals surface area contributed by atoms with Gasteiger partial charge in [-0.05, 0) is 19.9 Å². The molecule has 0 unspecified atom stereocenters. The molecule has 13 heavy (non-hydrogen) atoms. The van der Waals surface area contributed by atoms with Gasteiger partial charge in [0, 0.05) is 6.54 Å². The monoisotopic (exact) mass is 188 g/mol. The highest BCUT2D eigenvalue weighted by atomic mass is 16.4. The third-order valence-corrected chi connectivity index (χ3v) is 1.63. The minimum Gasteiger partial charge on any atom is -0.480 e. The van der Waals surface area contributed by atoms with Gasteiger partial charge in [-0.1, -0.05) is 0 Å². The van der Waals surface area contributed by atoms with Crippen molar-refractivity contribution < 1.29 is 9.90 Å². The summed E-state index contributed by atoms with van der Waals surface area (Å²) in [5.41, 5.74) is 5.04. The lowest BCUT2D eigenvalue weighted by atomic mass is 10.1. The highest BCUT2D eigenvalue weighted by molar-refractivity contribution is 5.74. The van der Waals surface area contributed by atoms with Crippen LogP contribution >= 0.6 is 0 Å². The first-order valence-electron chi connectivity index (χ1n) is 4.06. The molecule has 0 aromatic rings. The Balaban J connectivity index is 3.50. The predicted octanol–water partition coefficient (Wildman–Crippen LogP) is -1.08. The van der Waals surface area contributed by atoms with Gasteiger partial charge in [-0.3, -0.25) is 10.2 Å². The fraction of sp³-hybridized carbons (Fsp3) is 0.714. The molecule has 0 radical (unpaired) electrons. The number of aliphatic carboxylic acids is 1. The van der Waals surface area contributed by atoms with Crippen molar-refractivity contribution in [1.82, 2.24) is 10.6 Å². The van der Waals surface area contributed by atoms with Crippen LogP contribution in [-0.2, 0) is 4.79 Å². The van der Waals surface area contributed by atoms with E-state index in [0.717, 1.165) is 0 Å². The van der Waals surface area contributed by atoms with Gasteiger partial charge in [0.1, 0.15) is 6.04 Å². The van der Waals surface area contributed by atoms with E-state index in [0.29, 0.717) is 19.4 Å². The molecule has 0 aromatic heterocycles. The number of hydrogen-bond acceptors (Lipinski definition) is 3. The summed E-state index contributed by atoms with van der Waals surface area (Å²) in [6.07, 6.45) is 1.18. The summed E-state index contributed by atoms with van der Waals surface area (Å²) in [6, 6.07) is -0.520. The van der Waals surface area contributed by atoms with E-state index in [-0.39, 0.29) is 5.96 Å². The number of carbonyl (C=O) groups is 1. The van der Waals surface area contributed by atoms with E-state index in [1.165, 1.54) is 0 Å². The van der Waals surface area contributed by atoms with E-state index in [2.05, 4.69) is 10.6 Å². The average molecular weight is 188 g/mol. The minimum atomic E-state index is -0.856. The van der Waals surface area contributed by atoms with Gasteiger partial charge in [0.2, 0.25) is 0 Å². The fourth-order valence-electron chi connectivity index (χ4n) is 0.921. The van der Waals surface area contributed by atoms with Crippen LogP contribution in [0.25, 0.3) is 0 Å². The van der Waals surface area contributed by atoms with Crippen LogP contribution in [0.15, 0.2) is 0 Å². The van der Waals surface area contributed by atoms with Crippen molar-refractivity contribution in [3.8, 4) is 0 Å². The molecule has 0 spiro atoms. The quantitative estimate of drug-likeness (QED) is 0.207. The lowest BCUT2D eigenvalue weighted by Gasteiger charge is -2.10. The molecule has 0 aliphatic carbocycles. The van der Waals surface area contributed by atoms with Crippen LogP contribution in [0.2, 0.25) is 0 Å². The van der Waals surface area contributed by atoms with Gasteiger partial charge in [0.15, 0.2) is 5.96 Å². The lowest BCUT2D eigenvalue weighted by Crippen LogP contribution is -2.36. The molecule has 0 bridgehead atoms. The second-order valence-corrected chi connectivity index (χ2v) is 2.66. The maximum Gasteiger partial charge on any atom is 0.320 e. The molecule has 6 nitrogen and oxygen atoms in total. The Kier molecular flexibility index (Phi) is 5.62. The van der Waals surface area contributed by atoms with Crippen molar-refractivity contribution in [2.75, 3.05) is 13.6 Å². The first-order chi connectivity index (χ1) is 6.07. The van der Waals surface area contributed by atoms with Crippen molar-refractivity contribution in [1.29, 1.82) is 5.41 Å². The first kappa shape index (κ1) is 11.7. The number of guanidine groups is 1. The number of hydrogen-bond donors (Lipinski definition) is 5. The molecule has 0 amide bonds. The Morgan fingerprint density at radius 1 is 1.69 bits per heavy atom. The van der Waals surface area contributed by atoms with Gasteiger partial charge < -0.3 is 21.5 Å². The van der Waals surface area contributed by atoms with E-state index < -0.39 is 12.0 Å². The standard InChI is InChI=1S/C7H16N4O2/c1-10-5(6(12)13)3-2-4-11-7(8)9/h5,10H,2-4H2,1H3,(H,12,13)(H4,8,9,11)/t5-/m1/s1. The molecule has 0 fully saturated rings. The zero-order valence-corrected chi connectivity index (χ0v) is 7.63. The molecule has 0 rings (SSSR count). The topological polar surface area (TPSA) is 111 Å². The van der Waals surface area contributed by atoms with Gasteiger partial charge in [-0.2, -0.15) is 0 Å². The van der Waals surface area contributed by atoms with Crippen LogP contribution < -0.4 is 16.4 Å². The molecule has 6 N–H and O–H groups in total. The summed E-state index contributed by atoms with van der Waals surface area (Å²) in [7, 11) is 1.61. The zero-order chi connectivity index (χ0) is 10.3. The molecule has 0 saturated carbocycles. The zero-order valence-electron chi connectivity index (χ0n) is 7.63. The second-order valence-electron chi connectivity index (χ2n) is 2.66. The third kappa shape index (κ3) is 5.92. The molecule has 0 heterocycles. The third-order valence-electron chi connectivity index (χ3n) is 1.63. The van der Waals surface area contributed by atoms with E-state index in [1.807, 2.05) is 0 Å². The SMILES string of the molecule is CN[C@H](CCCNC(=N)N)C(=O)O. The maximum absolute atomic E-state index is 10.5. The summed E-state index contributed by atoms with van der Waals surface area (Å²) in [5, 5.41) is 20.8. The smallest absolute Gasteiger partial charge is 0.320 e. The summed E-state index contributed by atoms with van der Waals surface area (Å²) in [4.78, 5) is 10.5. The van der Waals surface area contributed by atoms with Gasteiger partial charge in [0.25, 0.3) is 0 Å². The van der Waals surface area contributed by atoms with Gasteiger partial charge in [0.05, 0.1) is 0 Å². The van der Waals surface area contributed by atoms with Gasteiger partial charge in [-0.25, -0.2) is 0 Å². The molecule has 6 heteroatoms. The van der Waals surface area contributed by atoms with E-state index >= 15 is 0 Å². The molecule has 1 atom stereocenters. The van der Waals surface area contributed by atoms with Crippen molar-refractivity contribution in [2.24, 2.45) is 5.73 Å². The fourth-order valence-corrected chi connectivity index (χ4v) is 0.921. The average Bonchev–Trinajstić information content (AvgIpc) is 2.03. The molecule has 0 aliphatic rings. The maximum atomic E-state index is 10.5. The number of carboxylic acid groups (broad SMARTS) is 1. The van der Waals surface area contributed by atoms with Crippen LogP contribution in [0.4, 0.5) is 0 Å². The molecule has 0 aromatic carbocycles. The van der Waals surface area contributed by atoms with Crippen LogP contribution in [0.5, 0.6) is 0 Å². The summed E-state index contributed by atoms with van der Waals surface area (Å²) in [6.45, 7) is 0.529. The van der Waals surface area contributed by atoms with Crippen molar-refractivity contribution >= 4 is 11.9 Å². The lowest BCUT2D eigenvalue weighted by molar-refractivity contribution is -0.139. The summed E-state index contributed by atoms with van der Waals surface area (Å²) in [5.74, 6) is -0.943. The van der Waals surface area contributed by atoms with Crippen molar-refractivity contribution in [2.45, 2.75) is 18.9 Å². The number of nitrogens with one attached hydrogen (secondary N) is 3. The highest BCUT2D eigenvalue weighted by Gasteiger charge is 2.13. The predicted molar refractivity (Wildman–Crippen MR) is 49.6 cm³/mol. The summed E-state index contributed by atoms with van der Waals surface area (Å²) >= 11 is 0. The number of likely N-dealkylation sites (N-methyl/N-ethyl adjacent to an activating group) is 1. The first-order valence-corrected chi connectivity index (χ1v) is 4.06. The van der Waals surface area contributed by atoms with E-state index in [4.69, 9.17) is 16.2 Å². The van der Waals surface area contributed by atoms with Crippen LogP contribution in [0.3, 0.4) is 0 Å². The van der Waals surface area contributed by atoms with Crippen molar-refractivity contribution in [3.63, 3.8) is 0 Å². The Morgan fingerprint density at radius 3 is 2.69 bits per heavy atom. The largest absolute Gasteiger partial charge is 0.480 e. The molecular formula is C7H16N4O2. The Bertz CT molecular complexity index is 183. The van der Waals surface area contributed by atoms with E-state index in [1.54, 1.807) is 7.05 Å². The Labute approximate surface area is 77.0 Å². The molecular weight excluding hydrogens is 172 g/mol. The van der Waals surface area contributed by atoms with Gasteiger partial charge >= 0.3 is 5.97 Å². The van der Waals surface area contributed by atoms with Crippen molar-refractivity contribution in [3.05, 3.63) is 0 Å². The number of carboxylic acids is 1. The van der Waals surface area contributed by atoms with Gasteiger partial charge in [-0.15, -0.1) is 0 Å². The van der Waals surface area contributed by atoms with Crippen LogP contribution in [0, 0.1) is 5.41 Å². The number of nitrogens with two attached hydrogens (primary N) is 1. The molecule has 0 aliphatic heterocycles. The minimum absolute atomic E-state index is 0.0867. The van der Waals surface area contributed by atoms with Crippen LogP contribution in [0.1, 0.15) is 12.8 Å². The Morgan fingerprint density at radius 2 is 2.31 bits per heavy atom. The van der Waals surface area contributed by atoms with E-state index in [9.17, 15) is 4.79 Å². The Hall–Kier alpha value is -1.30.